The minimum Gasteiger partial charge on any atom is -0.435 e. The fourth-order valence-electron chi connectivity index (χ4n) is 2.93. The van der Waals surface area contributed by atoms with Gasteiger partial charge in [0.25, 0.3) is 0 Å². The molecular formula is C19H15F2N3O2S. The molecule has 2 heterocycles. The number of thiazole rings is 1. The van der Waals surface area contributed by atoms with Crippen molar-refractivity contribution in [2.45, 2.75) is 19.3 Å². The minimum atomic E-state index is -2.88. The number of benzene rings is 2. The number of fused-ring (bicyclic) bond motifs is 1. The summed E-state index contributed by atoms with van der Waals surface area (Å²) in [6.45, 7) is -2.62. The summed E-state index contributed by atoms with van der Waals surface area (Å²) in [7, 11) is 0. The summed E-state index contributed by atoms with van der Waals surface area (Å²) in [5, 5.41) is 12.6. The number of imidazole rings is 1. The van der Waals surface area contributed by atoms with E-state index in [0.717, 1.165) is 16.7 Å². The molecule has 0 unspecified atom stereocenters. The molecule has 0 aliphatic carbocycles. The van der Waals surface area contributed by atoms with E-state index in [4.69, 9.17) is 0 Å². The summed E-state index contributed by atoms with van der Waals surface area (Å²) in [4.78, 5) is 8.97. The van der Waals surface area contributed by atoms with E-state index in [0.29, 0.717) is 11.4 Å². The molecule has 0 bridgehead atoms. The quantitative estimate of drug-likeness (QED) is 0.529. The third kappa shape index (κ3) is 3.67. The zero-order valence-electron chi connectivity index (χ0n) is 14.0. The largest absolute Gasteiger partial charge is 0.435 e. The number of hydrogen-bond donors (Lipinski definition) is 1. The van der Waals surface area contributed by atoms with E-state index < -0.39 is 12.7 Å². The lowest BCUT2D eigenvalue weighted by Crippen LogP contribution is -2.10. The van der Waals surface area contributed by atoms with E-state index in [-0.39, 0.29) is 12.3 Å². The average Bonchev–Trinajstić information content (AvgIpc) is 3.30. The van der Waals surface area contributed by atoms with Gasteiger partial charge in [0.2, 0.25) is 0 Å². The first-order valence-electron chi connectivity index (χ1n) is 8.18. The summed E-state index contributed by atoms with van der Waals surface area (Å²) in [5.41, 5.74) is 4.77. The zero-order chi connectivity index (χ0) is 18.8. The lowest BCUT2D eigenvalue weighted by atomic mass is 10.1. The Labute approximate surface area is 157 Å². The molecule has 8 heteroatoms. The Kier molecular flexibility index (Phi) is 4.83. The van der Waals surface area contributed by atoms with Gasteiger partial charge in [0.05, 0.1) is 29.2 Å². The Morgan fingerprint density at radius 1 is 1.11 bits per heavy atom. The van der Waals surface area contributed by atoms with Gasteiger partial charge in [0.1, 0.15) is 11.4 Å². The number of alkyl halides is 2. The van der Waals surface area contributed by atoms with Crippen molar-refractivity contribution in [1.82, 2.24) is 14.5 Å². The molecular weight excluding hydrogens is 372 g/mol. The maximum atomic E-state index is 12.3. The Bertz CT molecular complexity index is 1030. The summed E-state index contributed by atoms with van der Waals surface area (Å²) in [5.74, 6) is 0.728. The van der Waals surface area contributed by atoms with Crippen LogP contribution in [-0.2, 0) is 6.54 Å². The highest BCUT2D eigenvalue weighted by Crippen LogP contribution is 2.28. The predicted molar refractivity (Wildman–Crippen MR) is 98.9 cm³/mol. The smallest absolute Gasteiger partial charge is 0.387 e. The number of hydrogen-bond acceptors (Lipinski definition) is 5. The molecule has 5 nitrogen and oxygen atoms in total. The predicted octanol–water partition coefficient (Wildman–Crippen LogP) is 4.49. The van der Waals surface area contributed by atoms with E-state index >= 15 is 0 Å². The molecule has 1 atom stereocenters. The summed E-state index contributed by atoms with van der Waals surface area (Å²) in [6.07, 6.45) is -0.847. The van der Waals surface area contributed by atoms with Gasteiger partial charge in [-0.3, -0.25) is 0 Å². The van der Waals surface area contributed by atoms with Gasteiger partial charge in [-0.15, -0.1) is 11.3 Å². The van der Waals surface area contributed by atoms with Crippen molar-refractivity contribution in [2.24, 2.45) is 0 Å². The van der Waals surface area contributed by atoms with Gasteiger partial charge >= 0.3 is 6.61 Å². The van der Waals surface area contributed by atoms with Crippen LogP contribution in [0, 0.1) is 0 Å². The number of rotatable bonds is 6. The monoisotopic (exact) mass is 387 g/mol. The second kappa shape index (κ2) is 7.42. The van der Waals surface area contributed by atoms with Crippen LogP contribution in [0.1, 0.15) is 11.7 Å². The number of aromatic nitrogens is 3. The minimum absolute atomic E-state index is 0.0530. The topological polar surface area (TPSA) is 60.2 Å². The van der Waals surface area contributed by atoms with Crippen LogP contribution in [0.25, 0.3) is 22.6 Å². The normalized spacial score (nSPS) is 12.6. The molecule has 138 valence electrons. The second-order valence-electron chi connectivity index (χ2n) is 5.87. The van der Waals surface area contributed by atoms with E-state index in [1.165, 1.54) is 23.5 Å². The van der Waals surface area contributed by atoms with E-state index in [9.17, 15) is 13.9 Å². The third-order valence-corrected chi connectivity index (χ3v) is 4.75. The highest BCUT2D eigenvalue weighted by Gasteiger charge is 2.18. The second-order valence-corrected chi connectivity index (χ2v) is 6.59. The van der Waals surface area contributed by atoms with Crippen LogP contribution >= 0.6 is 11.3 Å². The molecule has 2 aromatic heterocycles. The average molecular weight is 387 g/mol. The molecule has 0 radical (unpaired) electrons. The molecule has 0 spiro atoms. The summed E-state index contributed by atoms with van der Waals surface area (Å²) >= 11 is 1.47. The first-order chi connectivity index (χ1) is 13.1. The van der Waals surface area contributed by atoms with Gasteiger partial charge < -0.3 is 14.4 Å². The van der Waals surface area contributed by atoms with E-state index in [2.05, 4.69) is 14.7 Å². The van der Waals surface area contributed by atoms with E-state index in [1.54, 1.807) is 17.6 Å². The van der Waals surface area contributed by atoms with Crippen molar-refractivity contribution in [3.8, 4) is 17.3 Å². The highest BCUT2D eigenvalue weighted by molar-refractivity contribution is 7.07. The van der Waals surface area contributed by atoms with Crippen molar-refractivity contribution < 1.29 is 18.6 Å². The molecule has 0 amide bonds. The molecule has 0 aliphatic heterocycles. The third-order valence-electron chi connectivity index (χ3n) is 4.16. The van der Waals surface area contributed by atoms with Gasteiger partial charge in [-0.2, -0.15) is 8.78 Å². The van der Waals surface area contributed by atoms with E-state index in [1.807, 2.05) is 34.2 Å². The molecule has 0 fully saturated rings. The standard InChI is InChI=1S/C19H15F2N3O2S/c20-19(21)26-13-7-5-12(6-8-13)17(25)9-24-16-4-2-1-3-14(16)23-18(24)15-10-27-11-22-15/h1-8,10-11,17,19,25H,9H2/t17-/m0/s1. The van der Waals surface area contributed by atoms with Gasteiger partial charge in [0, 0.05) is 5.38 Å². The summed E-state index contributed by atoms with van der Waals surface area (Å²) in [6, 6.07) is 13.6. The first kappa shape index (κ1) is 17.6. The number of ether oxygens (including phenoxy) is 1. The van der Waals surface area contributed by atoms with Crippen molar-refractivity contribution in [3.63, 3.8) is 0 Å². The summed E-state index contributed by atoms with van der Waals surface area (Å²) < 4.78 is 30.8. The van der Waals surface area contributed by atoms with Crippen LogP contribution in [-0.4, -0.2) is 26.3 Å². The van der Waals surface area contributed by atoms with Gasteiger partial charge in [-0.05, 0) is 29.8 Å². The zero-order valence-corrected chi connectivity index (χ0v) is 14.8. The van der Waals surface area contributed by atoms with Gasteiger partial charge in [-0.1, -0.05) is 24.3 Å². The number of para-hydroxylation sites is 2. The van der Waals surface area contributed by atoms with Crippen LogP contribution < -0.4 is 4.74 Å². The van der Waals surface area contributed by atoms with Crippen LogP contribution in [0.2, 0.25) is 0 Å². The molecule has 27 heavy (non-hydrogen) atoms. The lowest BCUT2D eigenvalue weighted by Gasteiger charge is -2.15. The number of aliphatic hydroxyl groups is 1. The van der Waals surface area contributed by atoms with Crippen molar-refractivity contribution in [3.05, 3.63) is 65.0 Å². The fraction of sp³-hybridized carbons (Fsp3) is 0.158. The Morgan fingerprint density at radius 3 is 2.59 bits per heavy atom. The fourth-order valence-corrected chi connectivity index (χ4v) is 3.46. The van der Waals surface area contributed by atoms with Crippen LogP contribution in [0.3, 0.4) is 0 Å². The molecule has 0 aliphatic rings. The van der Waals surface area contributed by atoms with Crippen molar-refractivity contribution in [2.75, 3.05) is 0 Å². The number of nitrogens with zero attached hydrogens (tertiary/aromatic N) is 3. The van der Waals surface area contributed by atoms with Crippen molar-refractivity contribution >= 4 is 22.4 Å². The highest BCUT2D eigenvalue weighted by atomic mass is 32.1. The molecule has 1 N–H and O–H groups in total. The Hall–Kier alpha value is -2.84. The maximum Gasteiger partial charge on any atom is 0.387 e. The SMILES string of the molecule is O[C@@H](Cn1c(-c2cscn2)nc2ccccc21)c1ccc(OC(F)F)cc1. The maximum absolute atomic E-state index is 12.3. The molecule has 4 rings (SSSR count). The molecule has 0 saturated carbocycles. The van der Waals surface area contributed by atoms with Crippen LogP contribution in [0.5, 0.6) is 5.75 Å². The molecule has 2 aromatic carbocycles. The van der Waals surface area contributed by atoms with Crippen LogP contribution in [0.15, 0.2) is 59.4 Å². The van der Waals surface area contributed by atoms with Gasteiger partial charge in [-0.25, -0.2) is 9.97 Å². The number of aliphatic hydroxyl groups excluding tert-OH is 1. The first-order valence-corrected chi connectivity index (χ1v) is 9.13. The van der Waals surface area contributed by atoms with Crippen molar-refractivity contribution in [1.29, 1.82) is 0 Å². The Balaban J connectivity index is 1.65. The molecule has 0 saturated heterocycles. The number of halogens is 2. The Morgan fingerprint density at radius 2 is 1.89 bits per heavy atom. The van der Waals surface area contributed by atoms with Crippen LogP contribution in [0.4, 0.5) is 8.78 Å². The lowest BCUT2D eigenvalue weighted by molar-refractivity contribution is -0.0498. The molecule has 4 aromatic rings. The van der Waals surface area contributed by atoms with Gasteiger partial charge in [0.15, 0.2) is 5.82 Å².